The molecule has 0 amide bonds. The lowest BCUT2D eigenvalue weighted by atomic mass is 10.1. The summed E-state index contributed by atoms with van der Waals surface area (Å²) in [6.45, 7) is 0. The Hall–Kier alpha value is -3.16. The average molecular weight is 284 g/mol. The number of pyridine rings is 1. The number of nitrogens with one attached hydrogen (secondary N) is 2. The summed E-state index contributed by atoms with van der Waals surface area (Å²) in [4.78, 5) is 22.0. The quantitative estimate of drug-likeness (QED) is 0.384. The number of hydrogen-bond donors (Lipinski definition) is 3. The van der Waals surface area contributed by atoms with Gasteiger partial charge in [-0.25, -0.2) is 9.97 Å². The van der Waals surface area contributed by atoms with Crippen molar-refractivity contribution in [2.75, 3.05) is 18.1 Å². The number of aromatic nitrogens is 3. The highest BCUT2D eigenvalue weighted by atomic mass is 16.6. The van der Waals surface area contributed by atoms with Crippen LogP contribution >= 0.6 is 0 Å². The molecule has 8 nitrogen and oxygen atoms in total. The molecule has 3 aromatic rings. The van der Waals surface area contributed by atoms with Crippen molar-refractivity contribution < 1.29 is 4.92 Å². The molecule has 0 spiro atoms. The first kappa shape index (κ1) is 12.9. The number of non-ortho nitro benzene ring substituents is 1. The van der Waals surface area contributed by atoms with Gasteiger partial charge in [0.05, 0.1) is 10.4 Å². The van der Waals surface area contributed by atoms with Crippen LogP contribution in [0.2, 0.25) is 0 Å². The molecule has 106 valence electrons. The minimum absolute atomic E-state index is 0.0528. The van der Waals surface area contributed by atoms with E-state index in [1.165, 1.54) is 12.1 Å². The Kier molecular flexibility index (Phi) is 2.90. The Balaban J connectivity index is 2.09. The van der Waals surface area contributed by atoms with Crippen LogP contribution in [0.15, 0.2) is 30.3 Å². The summed E-state index contributed by atoms with van der Waals surface area (Å²) in [6, 6.07) is 7.96. The molecule has 0 aliphatic rings. The minimum Gasteiger partial charge on any atom is -0.398 e. The summed E-state index contributed by atoms with van der Waals surface area (Å²) in [5, 5.41) is 13.7. The molecule has 0 saturated carbocycles. The van der Waals surface area contributed by atoms with Crippen LogP contribution in [0.4, 0.5) is 17.2 Å². The van der Waals surface area contributed by atoms with Crippen molar-refractivity contribution in [3.63, 3.8) is 0 Å². The summed E-state index contributed by atoms with van der Waals surface area (Å²) in [7, 11) is 1.77. The number of benzene rings is 1. The number of anilines is 2. The maximum absolute atomic E-state index is 10.7. The second-order valence-electron chi connectivity index (χ2n) is 4.43. The molecule has 21 heavy (non-hydrogen) atoms. The second-order valence-corrected chi connectivity index (χ2v) is 4.43. The second kappa shape index (κ2) is 4.75. The lowest BCUT2D eigenvalue weighted by Crippen LogP contribution is -1.94. The number of nitro groups is 1. The van der Waals surface area contributed by atoms with Gasteiger partial charge in [0, 0.05) is 30.4 Å². The van der Waals surface area contributed by atoms with E-state index >= 15 is 0 Å². The standard InChI is InChI=1S/C13H12N6O2/c1-15-11-5-4-10-13(17-11)18-12(16-10)8-3-2-7(19(20)21)6-9(8)14/h2-6H,14H2,1H3,(H2,15,16,17,18). The fourth-order valence-corrected chi connectivity index (χ4v) is 2.04. The average Bonchev–Trinajstić information content (AvgIpc) is 2.89. The first-order chi connectivity index (χ1) is 10.1. The highest BCUT2D eigenvalue weighted by Crippen LogP contribution is 2.28. The van der Waals surface area contributed by atoms with Gasteiger partial charge in [-0.05, 0) is 18.2 Å². The molecular weight excluding hydrogens is 272 g/mol. The number of nitrogens with zero attached hydrogens (tertiary/aromatic N) is 3. The topological polar surface area (TPSA) is 123 Å². The van der Waals surface area contributed by atoms with Crippen LogP contribution in [0, 0.1) is 10.1 Å². The van der Waals surface area contributed by atoms with E-state index in [2.05, 4.69) is 20.3 Å². The zero-order valence-corrected chi connectivity index (χ0v) is 11.1. The number of nitro benzene ring substituents is 1. The highest BCUT2D eigenvalue weighted by molar-refractivity contribution is 5.81. The van der Waals surface area contributed by atoms with Crippen molar-refractivity contribution in [2.45, 2.75) is 0 Å². The molecule has 0 bridgehead atoms. The maximum Gasteiger partial charge on any atom is 0.271 e. The summed E-state index contributed by atoms with van der Waals surface area (Å²) in [6.07, 6.45) is 0. The van der Waals surface area contributed by atoms with E-state index in [1.54, 1.807) is 13.1 Å². The largest absolute Gasteiger partial charge is 0.398 e. The van der Waals surface area contributed by atoms with E-state index in [1.807, 2.05) is 12.1 Å². The van der Waals surface area contributed by atoms with E-state index < -0.39 is 4.92 Å². The first-order valence-corrected chi connectivity index (χ1v) is 6.17. The van der Waals surface area contributed by atoms with Crippen LogP contribution in [0.1, 0.15) is 0 Å². The number of aromatic amines is 1. The molecule has 0 radical (unpaired) electrons. The molecule has 4 N–H and O–H groups in total. The molecule has 0 atom stereocenters. The molecule has 1 aromatic carbocycles. The molecule has 0 saturated heterocycles. The van der Waals surface area contributed by atoms with E-state index in [-0.39, 0.29) is 11.4 Å². The Bertz CT molecular complexity index is 842. The molecule has 2 aromatic heterocycles. The number of nitrogen functional groups attached to an aromatic ring is 1. The smallest absolute Gasteiger partial charge is 0.271 e. The van der Waals surface area contributed by atoms with E-state index in [0.29, 0.717) is 22.9 Å². The highest BCUT2D eigenvalue weighted by Gasteiger charge is 2.13. The fraction of sp³-hybridized carbons (Fsp3) is 0.0769. The fourth-order valence-electron chi connectivity index (χ4n) is 2.04. The van der Waals surface area contributed by atoms with Crippen LogP contribution in [0.5, 0.6) is 0 Å². The summed E-state index contributed by atoms with van der Waals surface area (Å²) < 4.78 is 0. The number of H-pyrrole nitrogens is 1. The Labute approximate surface area is 119 Å². The van der Waals surface area contributed by atoms with Gasteiger partial charge in [0.15, 0.2) is 5.65 Å². The van der Waals surface area contributed by atoms with Gasteiger partial charge in [-0.3, -0.25) is 10.1 Å². The molecule has 0 fully saturated rings. The van der Waals surface area contributed by atoms with Gasteiger partial charge in [-0.15, -0.1) is 0 Å². The van der Waals surface area contributed by atoms with Crippen LogP contribution in [-0.4, -0.2) is 26.9 Å². The molecule has 8 heteroatoms. The summed E-state index contributed by atoms with van der Waals surface area (Å²) in [5.74, 6) is 1.23. The van der Waals surface area contributed by atoms with Gasteiger partial charge in [-0.1, -0.05) is 0 Å². The molecule has 0 aliphatic heterocycles. The number of fused-ring (bicyclic) bond motifs is 1. The summed E-state index contributed by atoms with van der Waals surface area (Å²) in [5.41, 5.74) is 8.03. The van der Waals surface area contributed by atoms with Crippen molar-refractivity contribution in [2.24, 2.45) is 0 Å². The van der Waals surface area contributed by atoms with Crippen LogP contribution in [0.3, 0.4) is 0 Å². The number of hydrogen-bond acceptors (Lipinski definition) is 6. The Morgan fingerprint density at radius 3 is 2.76 bits per heavy atom. The van der Waals surface area contributed by atoms with Gasteiger partial charge in [0.2, 0.25) is 0 Å². The van der Waals surface area contributed by atoms with Crippen molar-refractivity contribution in [1.29, 1.82) is 0 Å². The predicted octanol–water partition coefficient (Wildman–Crippen LogP) is 2.16. The van der Waals surface area contributed by atoms with Crippen LogP contribution in [0.25, 0.3) is 22.6 Å². The predicted molar refractivity (Wildman–Crippen MR) is 79.9 cm³/mol. The van der Waals surface area contributed by atoms with Gasteiger partial charge >= 0.3 is 0 Å². The van der Waals surface area contributed by atoms with Gasteiger partial charge in [0.25, 0.3) is 5.69 Å². The lowest BCUT2D eigenvalue weighted by Gasteiger charge is -2.01. The Morgan fingerprint density at radius 2 is 2.10 bits per heavy atom. The van der Waals surface area contributed by atoms with Gasteiger partial charge < -0.3 is 16.0 Å². The Morgan fingerprint density at radius 1 is 1.29 bits per heavy atom. The molecule has 3 rings (SSSR count). The monoisotopic (exact) mass is 284 g/mol. The summed E-state index contributed by atoms with van der Waals surface area (Å²) >= 11 is 0. The van der Waals surface area contributed by atoms with Gasteiger partial charge in [0.1, 0.15) is 11.6 Å². The van der Waals surface area contributed by atoms with Gasteiger partial charge in [-0.2, -0.15) is 0 Å². The van der Waals surface area contributed by atoms with Crippen molar-refractivity contribution in [3.05, 3.63) is 40.4 Å². The number of imidazole rings is 1. The molecule has 2 heterocycles. The van der Waals surface area contributed by atoms with Crippen molar-refractivity contribution >= 4 is 28.4 Å². The zero-order valence-electron chi connectivity index (χ0n) is 11.1. The third kappa shape index (κ3) is 2.22. The third-order valence-electron chi connectivity index (χ3n) is 3.10. The molecule has 0 aliphatic carbocycles. The van der Waals surface area contributed by atoms with Crippen molar-refractivity contribution in [3.8, 4) is 11.4 Å². The van der Waals surface area contributed by atoms with E-state index in [0.717, 1.165) is 5.52 Å². The van der Waals surface area contributed by atoms with E-state index in [4.69, 9.17) is 5.73 Å². The third-order valence-corrected chi connectivity index (χ3v) is 3.10. The SMILES string of the molecule is CNc1ccc2[nH]c(-c3ccc([N+](=O)[O-])cc3N)nc2n1. The number of nitrogens with two attached hydrogens (primary N) is 1. The molecular formula is C13H12N6O2. The zero-order chi connectivity index (χ0) is 15.0. The van der Waals surface area contributed by atoms with Crippen LogP contribution < -0.4 is 11.1 Å². The maximum atomic E-state index is 10.7. The van der Waals surface area contributed by atoms with Crippen LogP contribution in [-0.2, 0) is 0 Å². The van der Waals surface area contributed by atoms with E-state index in [9.17, 15) is 10.1 Å². The molecule has 0 unspecified atom stereocenters. The lowest BCUT2D eigenvalue weighted by molar-refractivity contribution is -0.384. The first-order valence-electron chi connectivity index (χ1n) is 6.17. The van der Waals surface area contributed by atoms with Crippen molar-refractivity contribution in [1.82, 2.24) is 15.0 Å². The normalized spacial score (nSPS) is 10.7. The number of rotatable bonds is 3. The minimum atomic E-state index is -0.487.